The molecule has 0 atom stereocenters. The van der Waals surface area contributed by atoms with Crippen LogP contribution >= 0.6 is 24.8 Å². The van der Waals surface area contributed by atoms with Gasteiger partial charge in [-0.05, 0) is 50.5 Å². The number of hydrogen-bond acceptors (Lipinski definition) is 9. The molecule has 0 spiro atoms. The molecule has 0 saturated carbocycles. The van der Waals surface area contributed by atoms with Gasteiger partial charge in [0.25, 0.3) is 11.6 Å². The van der Waals surface area contributed by atoms with Crippen molar-refractivity contribution in [2.75, 3.05) is 47.2 Å². The summed E-state index contributed by atoms with van der Waals surface area (Å²) >= 11 is 0. The molecule has 4 rings (SSSR count). The van der Waals surface area contributed by atoms with E-state index in [-0.39, 0.29) is 35.4 Å². The van der Waals surface area contributed by atoms with Gasteiger partial charge in [0.15, 0.2) is 5.82 Å². The SMILES string of the molecule is Cc1nnc(NN=Cc2cc([N+](=O)[O-])c(N3CCC(C)CC3)cc2N2CCC(C)CC2)n1N.Cl.Cl. The van der Waals surface area contributed by atoms with Crippen LogP contribution in [0.5, 0.6) is 0 Å². The number of piperidine rings is 2. The third-order valence-corrected chi connectivity index (χ3v) is 6.80. The number of anilines is 3. The first-order chi connectivity index (χ1) is 15.8. The number of nitrogens with two attached hydrogens (primary N) is 1. The van der Waals surface area contributed by atoms with E-state index in [2.05, 4.69) is 44.4 Å². The van der Waals surface area contributed by atoms with E-state index in [1.54, 1.807) is 19.2 Å². The van der Waals surface area contributed by atoms with Crippen LogP contribution < -0.4 is 21.1 Å². The highest BCUT2D eigenvalue weighted by molar-refractivity contribution is 5.92. The number of hydrogen-bond donors (Lipinski definition) is 2. The molecular weight excluding hydrogens is 493 g/mol. The average Bonchev–Trinajstić information content (AvgIpc) is 3.12. The maximum atomic E-state index is 12.0. The summed E-state index contributed by atoms with van der Waals surface area (Å²) in [6.45, 7) is 9.74. The van der Waals surface area contributed by atoms with Gasteiger partial charge in [-0.3, -0.25) is 10.1 Å². The van der Waals surface area contributed by atoms with Crippen molar-refractivity contribution < 1.29 is 4.92 Å². The third kappa shape index (κ3) is 6.46. The molecule has 3 N–H and O–H groups in total. The summed E-state index contributed by atoms with van der Waals surface area (Å²) in [5.74, 6) is 8.04. The lowest BCUT2D eigenvalue weighted by atomic mass is 9.96. The van der Waals surface area contributed by atoms with Crippen molar-refractivity contribution in [3.63, 3.8) is 0 Å². The molecule has 11 nitrogen and oxygen atoms in total. The van der Waals surface area contributed by atoms with Gasteiger partial charge in [0.1, 0.15) is 5.69 Å². The van der Waals surface area contributed by atoms with E-state index in [4.69, 9.17) is 5.84 Å². The topological polar surface area (TPSA) is 131 Å². The monoisotopic (exact) mass is 527 g/mol. The van der Waals surface area contributed by atoms with Gasteiger partial charge in [-0.1, -0.05) is 13.8 Å². The Bertz CT molecular complexity index is 1030. The van der Waals surface area contributed by atoms with Crippen LogP contribution in [0.25, 0.3) is 0 Å². The van der Waals surface area contributed by atoms with Crippen molar-refractivity contribution in [3.05, 3.63) is 33.6 Å². The van der Waals surface area contributed by atoms with E-state index >= 15 is 0 Å². The Labute approximate surface area is 218 Å². The Balaban J connectivity index is 0.00000216. The minimum absolute atomic E-state index is 0. The fourth-order valence-corrected chi connectivity index (χ4v) is 4.46. The first kappa shape index (κ1) is 28.4. The summed E-state index contributed by atoms with van der Waals surface area (Å²) in [6.07, 6.45) is 5.88. The predicted molar refractivity (Wildman–Crippen MR) is 145 cm³/mol. The molecule has 1 aromatic carbocycles. The Morgan fingerprint density at radius 2 is 1.57 bits per heavy atom. The maximum Gasteiger partial charge on any atom is 0.293 e. The lowest BCUT2D eigenvalue weighted by molar-refractivity contribution is -0.384. The first-order valence-corrected chi connectivity index (χ1v) is 11.6. The standard InChI is InChI=1S/C22H33N9O2.2ClH/c1-15-4-8-28(9-5-15)19-13-20(29-10-6-16(2)7-11-29)21(31(32)33)12-18(19)14-24-26-22-27-25-17(3)30(22)23;;/h12-16H,4-11,23H2,1-3H3,(H,26,27);2*1H. The van der Waals surface area contributed by atoms with Crippen LogP contribution in [0.3, 0.4) is 0 Å². The second-order valence-electron chi connectivity index (χ2n) is 9.31. The molecule has 0 bridgehead atoms. The highest BCUT2D eigenvalue weighted by atomic mass is 35.5. The highest BCUT2D eigenvalue weighted by Crippen LogP contribution is 2.38. The zero-order valence-corrected chi connectivity index (χ0v) is 22.0. The summed E-state index contributed by atoms with van der Waals surface area (Å²) < 4.78 is 1.30. The smallest absolute Gasteiger partial charge is 0.293 e. The molecule has 3 heterocycles. The van der Waals surface area contributed by atoms with Crippen molar-refractivity contribution in [1.29, 1.82) is 0 Å². The molecule has 194 valence electrons. The number of aryl methyl sites for hydroxylation is 1. The minimum Gasteiger partial charge on any atom is -0.371 e. The Morgan fingerprint density at radius 3 is 2.06 bits per heavy atom. The summed E-state index contributed by atoms with van der Waals surface area (Å²) in [5.41, 5.74) is 5.25. The second-order valence-corrected chi connectivity index (χ2v) is 9.31. The molecule has 2 aliphatic rings. The fraction of sp³-hybridized carbons (Fsp3) is 0.591. The van der Waals surface area contributed by atoms with Crippen LogP contribution in [0.15, 0.2) is 17.2 Å². The normalized spacial score (nSPS) is 17.2. The first-order valence-electron chi connectivity index (χ1n) is 11.6. The van der Waals surface area contributed by atoms with Crippen LogP contribution in [0, 0.1) is 28.9 Å². The summed E-state index contributed by atoms with van der Waals surface area (Å²) in [4.78, 5) is 16.2. The lowest BCUT2D eigenvalue weighted by Gasteiger charge is -2.35. The number of halogens is 2. The van der Waals surface area contributed by atoms with Gasteiger partial charge < -0.3 is 15.6 Å². The second kappa shape index (κ2) is 12.3. The number of nitro benzene ring substituents is 1. The summed E-state index contributed by atoms with van der Waals surface area (Å²) in [5, 5.41) is 24.1. The molecule has 0 unspecified atom stereocenters. The number of benzene rings is 1. The molecule has 2 aromatic rings. The Kier molecular flexibility index (Phi) is 9.96. The summed E-state index contributed by atoms with van der Waals surface area (Å²) in [6, 6.07) is 3.63. The van der Waals surface area contributed by atoms with Crippen LogP contribution in [-0.2, 0) is 0 Å². The third-order valence-electron chi connectivity index (χ3n) is 6.80. The zero-order chi connectivity index (χ0) is 23.5. The summed E-state index contributed by atoms with van der Waals surface area (Å²) in [7, 11) is 0. The van der Waals surface area contributed by atoms with Crippen molar-refractivity contribution in [2.24, 2.45) is 16.9 Å². The molecule has 2 fully saturated rings. The van der Waals surface area contributed by atoms with Crippen molar-refractivity contribution >= 4 is 54.0 Å². The molecule has 2 aliphatic heterocycles. The predicted octanol–water partition coefficient (Wildman–Crippen LogP) is 3.97. The number of hydrazone groups is 1. The number of nitrogen functional groups attached to an aromatic ring is 1. The van der Waals surface area contributed by atoms with E-state index in [9.17, 15) is 10.1 Å². The number of nitrogens with zero attached hydrogens (tertiary/aromatic N) is 7. The van der Waals surface area contributed by atoms with E-state index in [1.807, 2.05) is 6.07 Å². The number of nitrogens with one attached hydrogen (secondary N) is 1. The van der Waals surface area contributed by atoms with Crippen molar-refractivity contribution in [3.8, 4) is 0 Å². The Hall–Kier alpha value is -2.79. The van der Waals surface area contributed by atoms with E-state index in [1.165, 1.54) is 4.68 Å². The highest BCUT2D eigenvalue weighted by Gasteiger charge is 2.27. The minimum atomic E-state index is -0.292. The molecule has 0 aliphatic carbocycles. The number of nitro groups is 1. The quantitative estimate of drug-likeness (QED) is 0.249. The maximum absolute atomic E-state index is 12.0. The largest absolute Gasteiger partial charge is 0.371 e. The molecule has 0 radical (unpaired) electrons. The van der Waals surface area contributed by atoms with Gasteiger partial charge in [-0.25, -0.2) is 10.1 Å². The average molecular weight is 528 g/mol. The lowest BCUT2D eigenvalue weighted by Crippen LogP contribution is -2.35. The molecule has 1 aromatic heterocycles. The number of rotatable bonds is 6. The fourth-order valence-electron chi connectivity index (χ4n) is 4.46. The molecular formula is C22H35Cl2N9O2. The van der Waals surface area contributed by atoms with Crippen molar-refractivity contribution in [2.45, 2.75) is 46.5 Å². The van der Waals surface area contributed by atoms with Gasteiger partial charge >= 0.3 is 0 Å². The molecule has 13 heteroatoms. The Morgan fingerprint density at radius 1 is 1.03 bits per heavy atom. The van der Waals surface area contributed by atoms with E-state index in [0.29, 0.717) is 34.9 Å². The molecule has 0 amide bonds. The van der Waals surface area contributed by atoms with Crippen molar-refractivity contribution in [1.82, 2.24) is 14.9 Å². The molecule has 2 saturated heterocycles. The van der Waals surface area contributed by atoms with Crippen LogP contribution in [0.1, 0.15) is 50.9 Å². The van der Waals surface area contributed by atoms with Gasteiger partial charge in [0.05, 0.1) is 11.1 Å². The number of aromatic nitrogens is 3. The van der Waals surface area contributed by atoms with Gasteiger partial charge in [0.2, 0.25) is 0 Å². The molecule has 35 heavy (non-hydrogen) atoms. The van der Waals surface area contributed by atoms with Crippen LogP contribution in [0.2, 0.25) is 0 Å². The van der Waals surface area contributed by atoms with Gasteiger partial charge in [0, 0.05) is 43.5 Å². The van der Waals surface area contributed by atoms with E-state index < -0.39 is 0 Å². The van der Waals surface area contributed by atoms with Crippen LogP contribution in [0.4, 0.5) is 23.0 Å². The van der Waals surface area contributed by atoms with E-state index in [0.717, 1.165) is 57.5 Å². The zero-order valence-electron chi connectivity index (χ0n) is 20.4. The van der Waals surface area contributed by atoms with Gasteiger partial charge in [-0.2, -0.15) is 5.10 Å². The van der Waals surface area contributed by atoms with Crippen LogP contribution in [-0.4, -0.2) is 52.2 Å². The van der Waals surface area contributed by atoms with Gasteiger partial charge in [-0.15, -0.1) is 35.0 Å².